The SMILES string of the molecule is COc1ccc(-c2ccc(S(=O)(=O)c3ccc(NN)cc3)cc2)cc1. The Hall–Kier alpha value is -2.83. The standard InChI is InChI=1S/C19H18N2O3S/c1-24-17-8-2-14(3-9-17)15-4-10-18(11-5-15)25(22,23)19-12-6-16(21-20)7-13-19/h2-13,21H,20H2,1H3. The minimum atomic E-state index is -3.56. The molecule has 0 fully saturated rings. The molecule has 0 radical (unpaired) electrons. The fraction of sp³-hybridized carbons (Fsp3) is 0.0526. The highest BCUT2D eigenvalue weighted by Crippen LogP contribution is 2.26. The minimum Gasteiger partial charge on any atom is -0.497 e. The topological polar surface area (TPSA) is 81.4 Å². The predicted octanol–water partition coefficient (Wildman–Crippen LogP) is 3.48. The normalized spacial score (nSPS) is 11.1. The summed E-state index contributed by atoms with van der Waals surface area (Å²) in [6.07, 6.45) is 0. The molecular weight excluding hydrogens is 336 g/mol. The summed E-state index contributed by atoms with van der Waals surface area (Å²) in [4.78, 5) is 0.474. The third-order valence-corrected chi connectivity index (χ3v) is 5.70. The van der Waals surface area contributed by atoms with Gasteiger partial charge in [0.25, 0.3) is 0 Å². The van der Waals surface area contributed by atoms with Gasteiger partial charge in [-0.25, -0.2) is 8.42 Å². The van der Waals surface area contributed by atoms with Crippen LogP contribution in [0.25, 0.3) is 11.1 Å². The van der Waals surface area contributed by atoms with Gasteiger partial charge in [-0.2, -0.15) is 0 Å². The summed E-state index contributed by atoms with van der Waals surface area (Å²) in [6, 6.07) is 20.7. The van der Waals surface area contributed by atoms with Gasteiger partial charge < -0.3 is 10.2 Å². The largest absolute Gasteiger partial charge is 0.497 e. The number of nitrogen functional groups attached to an aromatic ring is 1. The van der Waals surface area contributed by atoms with Crippen LogP contribution in [0.3, 0.4) is 0 Å². The molecule has 3 aromatic carbocycles. The molecule has 0 saturated carbocycles. The van der Waals surface area contributed by atoms with Crippen LogP contribution < -0.4 is 16.0 Å². The van der Waals surface area contributed by atoms with Gasteiger partial charge in [0, 0.05) is 5.69 Å². The highest BCUT2D eigenvalue weighted by atomic mass is 32.2. The van der Waals surface area contributed by atoms with Gasteiger partial charge >= 0.3 is 0 Å². The number of nitrogens with two attached hydrogens (primary N) is 1. The lowest BCUT2D eigenvalue weighted by molar-refractivity contribution is 0.415. The Labute approximate surface area is 147 Å². The van der Waals surface area contributed by atoms with Crippen molar-refractivity contribution in [2.24, 2.45) is 5.84 Å². The van der Waals surface area contributed by atoms with Gasteiger partial charge in [0.05, 0.1) is 16.9 Å². The molecule has 5 nitrogen and oxygen atoms in total. The van der Waals surface area contributed by atoms with Gasteiger partial charge in [-0.3, -0.25) is 5.84 Å². The van der Waals surface area contributed by atoms with Crippen molar-refractivity contribution in [1.29, 1.82) is 0 Å². The first-order valence-electron chi connectivity index (χ1n) is 7.61. The maximum Gasteiger partial charge on any atom is 0.206 e. The number of benzene rings is 3. The summed E-state index contributed by atoms with van der Waals surface area (Å²) in [5.74, 6) is 6.08. The van der Waals surface area contributed by atoms with E-state index in [-0.39, 0.29) is 9.79 Å². The van der Waals surface area contributed by atoms with Crippen LogP contribution in [-0.2, 0) is 9.84 Å². The fourth-order valence-electron chi connectivity index (χ4n) is 2.48. The van der Waals surface area contributed by atoms with Crippen molar-refractivity contribution in [3.63, 3.8) is 0 Å². The third kappa shape index (κ3) is 3.50. The van der Waals surface area contributed by atoms with Crippen LogP contribution in [0.2, 0.25) is 0 Å². The molecule has 25 heavy (non-hydrogen) atoms. The lowest BCUT2D eigenvalue weighted by Crippen LogP contribution is -2.07. The maximum atomic E-state index is 12.7. The first-order valence-corrected chi connectivity index (χ1v) is 9.09. The molecule has 0 heterocycles. The minimum absolute atomic E-state index is 0.226. The van der Waals surface area contributed by atoms with Crippen molar-refractivity contribution < 1.29 is 13.2 Å². The molecule has 0 bridgehead atoms. The number of methoxy groups -OCH3 is 1. The number of ether oxygens (including phenoxy) is 1. The average Bonchev–Trinajstić information content (AvgIpc) is 2.68. The first kappa shape index (κ1) is 17.0. The van der Waals surface area contributed by atoms with E-state index in [1.54, 1.807) is 43.5 Å². The molecule has 0 saturated heterocycles. The highest BCUT2D eigenvalue weighted by Gasteiger charge is 2.17. The molecule has 128 valence electrons. The van der Waals surface area contributed by atoms with Crippen LogP contribution in [0.15, 0.2) is 82.6 Å². The molecule has 0 spiro atoms. The third-order valence-electron chi connectivity index (χ3n) is 3.92. The molecule has 0 aliphatic rings. The number of rotatable bonds is 5. The lowest BCUT2D eigenvalue weighted by atomic mass is 10.1. The zero-order valence-corrected chi connectivity index (χ0v) is 14.5. The van der Waals surface area contributed by atoms with Crippen molar-refractivity contribution >= 4 is 15.5 Å². The van der Waals surface area contributed by atoms with E-state index < -0.39 is 9.84 Å². The van der Waals surface area contributed by atoms with E-state index >= 15 is 0 Å². The summed E-state index contributed by atoms with van der Waals surface area (Å²) in [5.41, 5.74) is 5.05. The molecule has 6 heteroatoms. The number of nitrogens with one attached hydrogen (secondary N) is 1. The number of hydrogen-bond acceptors (Lipinski definition) is 5. The van der Waals surface area contributed by atoms with Gasteiger partial charge in [0.1, 0.15) is 5.75 Å². The van der Waals surface area contributed by atoms with Crippen LogP contribution in [0.5, 0.6) is 5.75 Å². The van der Waals surface area contributed by atoms with Gasteiger partial charge in [-0.15, -0.1) is 0 Å². The summed E-state index contributed by atoms with van der Waals surface area (Å²) in [6.45, 7) is 0. The van der Waals surface area contributed by atoms with Gasteiger partial charge in [0.15, 0.2) is 0 Å². The van der Waals surface area contributed by atoms with Crippen LogP contribution in [0, 0.1) is 0 Å². The van der Waals surface area contributed by atoms with E-state index in [0.717, 1.165) is 16.9 Å². The Balaban J connectivity index is 1.89. The van der Waals surface area contributed by atoms with E-state index in [1.807, 2.05) is 24.3 Å². The smallest absolute Gasteiger partial charge is 0.206 e. The molecule has 3 N–H and O–H groups in total. The quantitative estimate of drug-likeness (QED) is 0.541. The number of hydrazine groups is 1. The number of hydrogen-bond donors (Lipinski definition) is 2. The van der Waals surface area contributed by atoms with Gasteiger partial charge in [0.2, 0.25) is 9.84 Å². The zero-order chi connectivity index (χ0) is 17.9. The van der Waals surface area contributed by atoms with Crippen molar-refractivity contribution in [2.75, 3.05) is 12.5 Å². The molecular formula is C19H18N2O3S. The van der Waals surface area contributed by atoms with Gasteiger partial charge in [-0.05, 0) is 59.7 Å². The van der Waals surface area contributed by atoms with E-state index in [1.165, 1.54) is 12.1 Å². The molecule has 0 aromatic heterocycles. The molecule has 0 atom stereocenters. The van der Waals surface area contributed by atoms with Crippen LogP contribution in [-0.4, -0.2) is 15.5 Å². The summed E-state index contributed by atoms with van der Waals surface area (Å²) >= 11 is 0. The van der Waals surface area contributed by atoms with E-state index in [4.69, 9.17) is 10.6 Å². The molecule has 0 aliphatic heterocycles. The van der Waals surface area contributed by atoms with Crippen molar-refractivity contribution in [3.05, 3.63) is 72.8 Å². The van der Waals surface area contributed by atoms with Crippen molar-refractivity contribution in [2.45, 2.75) is 9.79 Å². The first-order chi connectivity index (χ1) is 12.0. The molecule has 3 aromatic rings. The number of sulfone groups is 1. The van der Waals surface area contributed by atoms with Crippen molar-refractivity contribution in [3.8, 4) is 16.9 Å². The number of anilines is 1. The van der Waals surface area contributed by atoms with Crippen LogP contribution >= 0.6 is 0 Å². The van der Waals surface area contributed by atoms with Crippen molar-refractivity contribution in [1.82, 2.24) is 0 Å². The molecule has 3 rings (SSSR count). The Bertz CT molecular complexity index is 949. The Kier molecular flexibility index (Phi) is 4.74. The summed E-state index contributed by atoms with van der Waals surface area (Å²) < 4.78 is 30.5. The highest BCUT2D eigenvalue weighted by molar-refractivity contribution is 7.91. The van der Waals surface area contributed by atoms with Crippen LogP contribution in [0.4, 0.5) is 5.69 Å². The van der Waals surface area contributed by atoms with E-state index in [9.17, 15) is 8.42 Å². The fourth-order valence-corrected chi connectivity index (χ4v) is 3.74. The van der Waals surface area contributed by atoms with Crippen LogP contribution in [0.1, 0.15) is 0 Å². The average molecular weight is 354 g/mol. The summed E-state index contributed by atoms with van der Waals surface area (Å²) in [7, 11) is -1.95. The molecule has 0 aliphatic carbocycles. The Morgan fingerprint density at radius 3 is 1.64 bits per heavy atom. The van der Waals surface area contributed by atoms with E-state index in [0.29, 0.717) is 5.69 Å². The lowest BCUT2D eigenvalue weighted by Gasteiger charge is -2.08. The predicted molar refractivity (Wildman–Crippen MR) is 98.1 cm³/mol. The van der Waals surface area contributed by atoms with E-state index in [2.05, 4.69) is 5.43 Å². The maximum absolute atomic E-state index is 12.7. The van der Waals surface area contributed by atoms with Gasteiger partial charge in [-0.1, -0.05) is 24.3 Å². The Morgan fingerprint density at radius 1 is 0.760 bits per heavy atom. The Morgan fingerprint density at radius 2 is 1.20 bits per heavy atom. The molecule has 0 unspecified atom stereocenters. The second kappa shape index (κ2) is 6.96. The monoisotopic (exact) mass is 354 g/mol. The summed E-state index contributed by atoms with van der Waals surface area (Å²) in [5, 5.41) is 0. The second-order valence-corrected chi connectivity index (χ2v) is 7.37. The molecule has 0 amide bonds. The zero-order valence-electron chi connectivity index (χ0n) is 13.6. The second-order valence-electron chi connectivity index (χ2n) is 5.43.